The number of aliphatic imine (C=N–C) groups is 1. The van der Waals surface area contributed by atoms with Crippen molar-refractivity contribution in [2.24, 2.45) is 4.99 Å². The lowest BCUT2D eigenvalue weighted by atomic mass is 10.2. The molecule has 0 aromatic heterocycles. The van der Waals surface area contributed by atoms with Crippen LogP contribution in [-0.4, -0.2) is 56.0 Å². The number of rotatable bonds is 5. The van der Waals surface area contributed by atoms with Gasteiger partial charge in [-0.3, -0.25) is 0 Å². The summed E-state index contributed by atoms with van der Waals surface area (Å²) in [6.45, 7) is 5.30. The standard InChI is InChI=1S/C18H30N4/c1-21(2)18(20-16-17-10-6-5-7-11-17)19-12-15-22-13-8-3-4-9-14-22/h5-7,10-11H,3-4,8-9,12-16H2,1-2H3,(H,19,20). The molecular formula is C18H30N4. The Hall–Kier alpha value is -1.55. The second-order valence-electron chi connectivity index (χ2n) is 6.20. The summed E-state index contributed by atoms with van der Waals surface area (Å²) in [5.41, 5.74) is 1.25. The Morgan fingerprint density at radius 1 is 1.09 bits per heavy atom. The van der Waals surface area contributed by atoms with Gasteiger partial charge in [0.05, 0.1) is 6.54 Å². The minimum absolute atomic E-state index is 0.727. The molecule has 1 fully saturated rings. The van der Waals surface area contributed by atoms with Crippen molar-refractivity contribution in [3.05, 3.63) is 35.9 Å². The summed E-state index contributed by atoms with van der Waals surface area (Å²) >= 11 is 0. The van der Waals surface area contributed by atoms with E-state index in [1.807, 2.05) is 20.2 Å². The van der Waals surface area contributed by atoms with Gasteiger partial charge in [-0.25, -0.2) is 4.99 Å². The highest BCUT2D eigenvalue weighted by Gasteiger charge is 2.09. The lowest BCUT2D eigenvalue weighted by Crippen LogP contribution is -2.41. The van der Waals surface area contributed by atoms with Crippen LogP contribution in [0.15, 0.2) is 35.3 Å². The fourth-order valence-electron chi connectivity index (χ4n) is 2.79. The molecule has 1 aliphatic rings. The smallest absolute Gasteiger partial charge is 0.193 e. The van der Waals surface area contributed by atoms with E-state index in [-0.39, 0.29) is 0 Å². The molecule has 0 unspecified atom stereocenters. The summed E-state index contributed by atoms with van der Waals surface area (Å²) < 4.78 is 0. The van der Waals surface area contributed by atoms with Gasteiger partial charge in [-0.05, 0) is 31.5 Å². The van der Waals surface area contributed by atoms with Gasteiger partial charge in [-0.1, -0.05) is 43.2 Å². The Kier molecular flexibility index (Phi) is 7.23. The third kappa shape index (κ3) is 6.06. The molecule has 0 bridgehead atoms. The molecule has 1 heterocycles. The van der Waals surface area contributed by atoms with E-state index in [1.165, 1.54) is 44.3 Å². The number of nitrogens with zero attached hydrogens (tertiary/aromatic N) is 3. The average molecular weight is 302 g/mol. The zero-order valence-electron chi connectivity index (χ0n) is 14.1. The van der Waals surface area contributed by atoms with Crippen molar-refractivity contribution in [3.63, 3.8) is 0 Å². The van der Waals surface area contributed by atoms with Gasteiger partial charge < -0.3 is 15.1 Å². The lowest BCUT2D eigenvalue weighted by Gasteiger charge is -2.22. The predicted octanol–water partition coefficient (Wildman–Crippen LogP) is 2.57. The van der Waals surface area contributed by atoms with E-state index in [1.54, 1.807) is 0 Å². The molecule has 0 saturated carbocycles. The number of benzene rings is 1. The summed E-state index contributed by atoms with van der Waals surface area (Å²) in [6.07, 6.45) is 5.49. The minimum Gasteiger partial charge on any atom is -0.355 e. The summed E-state index contributed by atoms with van der Waals surface area (Å²) in [5.74, 6) is 0.971. The molecule has 1 aromatic carbocycles. The number of hydrogen-bond donors (Lipinski definition) is 1. The second-order valence-corrected chi connectivity index (χ2v) is 6.20. The van der Waals surface area contributed by atoms with Crippen LogP contribution in [0.3, 0.4) is 0 Å². The van der Waals surface area contributed by atoms with Crippen LogP contribution in [0.1, 0.15) is 31.2 Å². The molecule has 0 radical (unpaired) electrons. The van der Waals surface area contributed by atoms with Crippen LogP contribution in [0.2, 0.25) is 0 Å². The molecule has 0 atom stereocenters. The summed E-state index contributed by atoms with van der Waals surface area (Å²) in [7, 11) is 4.09. The molecule has 22 heavy (non-hydrogen) atoms. The zero-order chi connectivity index (χ0) is 15.6. The maximum Gasteiger partial charge on any atom is 0.193 e. The van der Waals surface area contributed by atoms with Crippen molar-refractivity contribution >= 4 is 5.96 Å². The van der Waals surface area contributed by atoms with Crippen LogP contribution in [0.25, 0.3) is 0 Å². The molecule has 1 N–H and O–H groups in total. The molecular weight excluding hydrogens is 272 g/mol. The minimum atomic E-state index is 0.727. The van der Waals surface area contributed by atoms with Gasteiger partial charge in [-0.15, -0.1) is 0 Å². The molecule has 2 rings (SSSR count). The maximum absolute atomic E-state index is 4.71. The first kappa shape index (κ1) is 16.8. The fourth-order valence-corrected chi connectivity index (χ4v) is 2.79. The molecule has 1 aromatic rings. The van der Waals surface area contributed by atoms with Gasteiger partial charge in [0.25, 0.3) is 0 Å². The molecule has 1 aliphatic heterocycles. The number of nitrogens with one attached hydrogen (secondary N) is 1. The van der Waals surface area contributed by atoms with E-state index >= 15 is 0 Å². The first-order valence-corrected chi connectivity index (χ1v) is 8.47. The van der Waals surface area contributed by atoms with Gasteiger partial charge >= 0.3 is 0 Å². The topological polar surface area (TPSA) is 30.9 Å². The van der Waals surface area contributed by atoms with Gasteiger partial charge in [0.2, 0.25) is 0 Å². The van der Waals surface area contributed by atoms with Crippen molar-refractivity contribution in [1.82, 2.24) is 15.1 Å². The van der Waals surface area contributed by atoms with Crippen molar-refractivity contribution in [2.75, 3.05) is 40.3 Å². The normalized spacial score (nSPS) is 17.1. The highest BCUT2D eigenvalue weighted by molar-refractivity contribution is 5.79. The second kappa shape index (κ2) is 9.46. The van der Waals surface area contributed by atoms with Crippen molar-refractivity contribution in [1.29, 1.82) is 0 Å². The first-order valence-electron chi connectivity index (χ1n) is 8.47. The third-order valence-electron chi connectivity index (χ3n) is 4.09. The Balaban J connectivity index is 1.78. The van der Waals surface area contributed by atoms with Crippen LogP contribution < -0.4 is 5.32 Å². The van der Waals surface area contributed by atoms with E-state index in [9.17, 15) is 0 Å². The molecule has 4 heteroatoms. The predicted molar refractivity (Wildman–Crippen MR) is 94.2 cm³/mol. The zero-order valence-corrected chi connectivity index (χ0v) is 14.1. The Bertz CT molecular complexity index is 434. The van der Waals surface area contributed by atoms with E-state index < -0.39 is 0 Å². The first-order chi connectivity index (χ1) is 10.8. The lowest BCUT2D eigenvalue weighted by molar-refractivity contribution is 0.288. The molecule has 122 valence electrons. The van der Waals surface area contributed by atoms with Gasteiger partial charge in [0.1, 0.15) is 0 Å². The van der Waals surface area contributed by atoms with Gasteiger partial charge in [-0.2, -0.15) is 0 Å². The van der Waals surface area contributed by atoms with E-state index in [2.05, 4.69) is 39.4 Å². The molecule has 0 spiro atoms. The molecule has 1 saturated heterocycles. The quantitative estimate of drug-likeness (QED) is 0.670. The Labute approximate surface area is 135 Å². The van der Waals surface area contributed by atoms with Gasteiger partial charge in [0.15, 0.2) is 5.96 Å². The van der Waals surface area contributed by atoms with Crippen LogP contribution >= 0.6 is 0 Å². The summed E-state index contributed by atoms with van der Waals surface area (Å²) in [5, 5.41) is 3.49. The van der Waals surface area contributed by atoms with E-state index in [4.69, 9.17) is 4.99 Å². The van der Waals surface area contributed by atoms with Crippen LogP contribution in [0, 0.1) is 0 Å². The Morgan fingerprint density at radius 2 is 1.77 bits per heavy atom. The van der Waals surface area contributed by atoms with Crippen molar-refractivity contribution < 1.29 is 0 Å². The molecule has 0 aliphatic carbocycles. The third-order valence-corrected chi connectivity index (χ3v) is 4.09. The molecule has 0 amide bonds. The largest absolute Gasteiger partial charge is 0.355 e. The summed E-state index contributed by atoms with van der Waals surface area (Å²) in [6, 6.07) is 10.4. The van der Waals surface area contributed by atoms with Crippen LogP contribution in [0.5, 0.6) is 0 Å². The summed E-state index contributed by atoms with van der Waals surface area (Å²) in [4.78, 5) is 9.34. The highest BCUT2D eigenvalue weighted by atomic mass is 15.3. The van der Waals surface area contributed by atoms with E-state index in [0.29, 0.717) is 0 Å². The van der Waals surface area contributed by atoms with Crippen molar-refractivity contribution in [3.8, 4) is 0 Å². The van der Waals surface area contributed by atoms with Crippen LogP contribution in [-0.2, 0) is 6.54 Å². The maximum atomic E-state index is 4.71. The average Bonchev–Trinajstić information content (AvgIpc) is 2.80. The monoisotopic (exact) mass is 302 g/mol. The fraction of sp³-hybridized carbons (Fsp3) is 0.611. The number of hydrogen-bond acceptors (Lipinski definition) is 2. The van der Waals surface area contributed by atoms with E-state index in [0.717, 1.165) is 25.6 Å². The molecule has 4 nitrogen and oxygen atoms in total. The number of likely N-dealkylation sites (tertiary alicyclic amines) is 1. The SMILES string of the molecule is CN(C)C(=NCc1ccccc1)NCCN1CCCCCC1. The van der Waals surface area contributed by atoms with Crippen LogP contribution in [0.4, 0.5) is 0 Å². The highest BCUT2D eigenvalue weighted by Crippen LogP contribution is 2.08. The van der Waals surface area contributed by atoms with Crippen molar-refractivity contribution in [2.45, 2.75) is 32.2 Å². The number of guanidine groups is 1. The van der Waals surface area contributed by atoms with Gasteiger partial charge in [0, 0.05) is 27.2 Å². The Morgan fingerprint density at radius 3 is 2.41 bits per heavy atom.